The van der Waals surface area contributed by atoms with E-state index < -0.39 is 4.92 Å². The zero-order valence-corrected chi connectivity index (χ0v) is 20.1. The topological polar surface area (TPSA) is 112 Å². The molecule has 0 bridgehead atoms. The van der Waals surface area contributed by atoms with Gasteiger partial charge in [0.05, 0.1) is 29.3 Å². The first-order valence-corrected chi connectivity index (χ1v) is 11.0. The standard InChI is InChI=1S/C24H22BrN3O6/c1-3-33-20-10-6-18(7-11-20)24(29)27-26-14-17-12-21(25)23(22(13-17)32-2)34-15-16-4-8-19(9-5-16)28(30)31/h4-14H,3,15H2,1-2H3,(H,27,29)/b26-14+. The average molecular weight is 528 g/mol. The number of carbonyl (C=O) groups is 1. The van der Waals surface area contributed by atoms with E-state index in [-0.39, 0.29) is 18.2 Å². The molecule has 0 saturated carbocycles. The number of hydrogen-bond donors (Lipinski definition) is 1. The minimum atomic E-state index is -0.453. The molecule has 3 aromatic carbocycles. The quantitative estimate of drug-likeness (QED) is 0.223. The molecular formula is C24H22BrN3O6. The van der Waals surface area contributed by atoms with Gasteiger partial charge >= 0.3 is 0 Å². The van der Waals surface area contributed by atoms with Crippen LogP contribution in [0, 0.1) is 10.1 Å². The molecule has 3 rings (SSSR count). The van der Waals surface area contributed by atoms with Gasteiger partial charge in [-0.25, -0.2) is 5.43 Å². The van der Waals surface area contributed by atoms with Gasteiger partial charge in [-0.05, 0) is 82.5 Å². The molecule has 0 aliphatic carbocycles. The van der Waals surface area contributed by atoms with Gasteiger partial charge in [0.25, 0.3) is 11.6 Å². The number of halogens is 1. The van der Waals surface area contributed by atoms with Gasteiger partial charge in [-0.1, -0.05) is 0 Å². The van der Waals surface area contributed by atoms with Crippen molar-refractivity contribution in [2.24, 2.45) is 5.10 Å². The van der Waals surface area contributed by atoms with Crippen LogP contribution in [0.4, 0.5) is 5.69 Å². The fourth-order valence-corrected chi connectivity index (χ4v) is 3.50. The third-order valence-electron chi connectivity index (χ3n) is 4.59. The van der Waals surface area contributed by atoms with Crippen LogP contribution in [-0.4, -0.2) is 30.8 Å². The van der Waals surface area contributed by atoms with E-state index in [0.29, 0.717) is 39.5 Å². The van der Waals surface area contributed by atoms with Crippen molar-refractivity contribution in [1.29, 1.82) is 0 Å². The van der Waals surface area contributed by atoms with Gasteiger partial charge in [-0.3, -0.25) is 14.9 Å². The van der Waals surface area contributed by atoms with Gasteiger partial charge in [-0.15, -0.1) is 0 Å². The normalized spacial score (nSPS) is 10.7. The summed E-state index contributed by atoms with van der Waals surface area (Å²) >= 11 is 3.46. The lowest BCUT2D eigenvalue weighted by molar-refractivity contribution is -0.384. The molecule has 0 fully saturated rings. The van der Waals surface area contributed by atoms with Crippen molar-refractivity contribution in [1.82, 2.24) is 5.43 Å². The van der Waals surface area contributed by atoms with Crippen molar-refractivity contribution in [3.63, 3.8) is 0 Å². The Labute approximate surface area is 204 Å². The van der Waals surface area contributed by atoms with Crippen LogP contribution in [0.15, 0.2) is 70.2 Å². The zero-order chi connectivity index (χ0) is 24.5. The van der Waals surface area contributed by atoms with Gasteiger partial charge in [0.1, 0.15) is 12.4 Å². The molecule has 34 heavy (non-hydrogen) atoms. The SMILES string of the molecule is CCOc1ccc(C(=O)N/N=C/c2cc(Br)c(OCc3ccc([N+](=O)[O-])cc3)c(OC)c2)cc1. The van der Waals surface area contributed by atoms with Crippen LogP contribution in [0.5, 0.6) is 17.2 Å². The maximum Gasteiger partial charge on any atom is 0.271 e. The molecule has 3 aromatic rings. The molecule has 0 aliphatic rings. The number of nitro benzene ring substituents is 1. The van der Waals surface area contributed by atoms with Crippen molar-refractivity contribution in [3.8, 4) is 17.2 Å². The molecule has 10 heteroatoms. The van der Waals surface area contributed by atoms with Gasteiger partial charge < -0.3 is 14.2 Å². The van der Waals surface area contributed by atoms with E-state index in [1.165, 1.54) is 25.5 Å². The number of nitrogens with zero attached hydrogens (tertiary/aromatic N) is 2. The van der Waals surface area contributed by atoms with E-state index in [2.05, 4.69) is 26.5 Å². The molecule has 0 aromatic heterocycles. The second kappa shape index (κ2) is 11.8. The molecule has 9 nitrogen and oxygen atoms in total. The summed E-state index contributed by atoms with van der Waals surface area (Å²) in [4.78, 5) is 22.6. The molecule has 0 heterocycles. The molecule has 176 valence electrons. The Hall–Kier alpha value is -3.92. The molecule has 0 aliphatic heterocycles. The van der Waals surface area contributed by atoms with Crippen molar-refractivity contribution < 1.29 is 23.9 Å². The van der Waals surface area contributed by atoms with E-state index in [1.807, 2.05) is 6.92 Å². The van der Waals surface area contributed by atoms with Crippen molar-refractivity contribution >= 4 is 33.7 Å². The first kappa shape index (κ1) is 24.7. The van der Waals surface area contributed by atoms with Crippen molar-refractivity contribution in [2.45, 2.75) is 13.5 Å². The lowest BCUT2D eigenvalue weighted by atomic mass is 10.2. The number of hydrogen-bond acceptors (Lipinski definition) is 7. The van der Waals surface area contributed by atoms with E-state index in [1.54, 1.807) is 48.5 Å². The number of amides is 1. The maximum atomic E-state index is 12.3. The Morgan fingerprint density at radius 2 is 1.82 bits per heavy atom. The number of nitro groups is 1. The molecule has 0 atom stereocenters. The fraction of sp³-hybridized carbons (Fsp3) is 0.167. The van der Waals surface area contributed by atoms with E-state index in [9.17, 15) is 14.9 Å². The fourth-order valence-electron chi connectivity index (χ4n) is 2.92. The lowest BCUT2D eigenvalue weighted by Crippen LogP contribution is -2.17. The monoisotopic (exact) mass is 527 g/mol. The Bertz CT molecular complexity index is 1180. The number of ether oxygens (including phenoxy) is 3. The van der Waals surface area contributed by atoms with Crippen LogP contribution in [-0.2, 0) is 6.61 Å². The van der Waals surface area contributed by atoms with Gasteiger partial charge in [0, 0.05) is 17.7 Å². The molecular weight excluding hydrogens is 506 g/mol. The number of carbonyl (C=O) groups excluding carboxylic acids is 1. The number of hydrazone groups is 1. The number of benzene rings is 3. The summed E-state index contributed by atoms with van der Waals surface area (Å²) in [5.74, 6) is 1.26. The molecule has 1 N–H and O–H groups in total. The van der Waals surface area contributed by atoms with Crippen LogP contribution in [0.1, 0.15) is 28.4 Å². The third-order valence-corrected chi connectivity index (χ3v) is 5.18. The smallest absolute Gasteiger partial charge is 0.271 e. The molecule has 0 radical (unpaired) electrons. The first-order valence-electron chi connectivity index (χ1n) is 10.2. The maximum absolute atomic E-state index is 12.3. The largest absolute Gasteiger partial charge is 0.494 e. The molecule has 1 amide bonds. The summed E-state index contributed by atoms with van der Waals surface area (Å²) < 4.78 is 17.3. The highest BCUT2D eigenvalue weighted by molar-refractivity contribution is 9.10. The Morgan fingerprint density at radius 3 is 2.44 bits per heavy atom. The first-order chi connectivity index (χ1) is 16.4. The highest BCUT2D eigenvalue weighted by Crippen LogP contribution is 2.37. The molecule has 0 unspecified atom stereocenters. The Morgan fingerprint density at radius 1 is 1.12 bits per heavy atom. The van der Waals surface area contributed by atoms with Crippen LogP contribution in [0.3, 0.4) is 0 Å². The average Bonchev–Trinajstić information content (AvgIpc) is 2.84. The van der Waals surface area contributed by atoms with Gasteiger partial charge in [-0.2, -0.15) is 5.10 Å². The summed E-state index contributed by atoms with van der Waals surface area (Å²) in [6, 6.07) is 16.3. The van der Waals surface area contributed by atoms with Crippen molar-refractivity contribution in [2.75, 3.05) is 13.7 Å². The number of rotatable bonds is 10. The summed E-state index contributed by atoms with van der Waals surface area (Å²) in [5.41, 5.74) is 4.38. The minimum absolute atomic E-state index is 0.0146. The number of nitrogens with one attached hydrogen (secondary N) is 1. The van der Waals surface area contributed by atoms with Crippen molar-refractivity contribution in [3.05, 3.63) is 91.9 Å². The Balaban J connectivity index is 1.64. The summed E-state index contributed by atoms with van der Waals surface area (Å²) in [6.07, 6.45) is 1.49. The summed E-state index contributed by atoms with van der Waals surface area (Å²) in [7, 11) is 1.51. The van der Waals surface area contributed by atoms with Gasteiger partial charge in [0.15, 0.2) is 11.5 Å². The second-order valence-electron chi connectivity index (χ2n) is 6.90. The molecule has 0 spiro atoms. The number of non-ortho nitro benzene ring substituents is 1. The van der Waals surface area contributed by atoms with Crippen LogP contribution >= 0.6 is 15.9 Å². The third kappa shape index (κ3) is 6.55. The molecule has 0 saturated heterocycles. The highest BCUT2D eigenvalue weighted by Gasteiger charge is 2.12. The second-order valence-corrected chi connectivity index (χ2v) is 7.76. The lowest BCUT2D eigenvalue weighted by Gasteiger charge is -2.13. The van der Waals surface area contributed by atoms with Crippen LogP contribution < -0.4 is 19.6 Å². The highest BCUT2D eigenvalue weighted by atomic mass is 79.9. The predicted octanol–water partition coefficient (Wildman–Crippen LogP) is 5.11. The summed E-state index contributed by atoms with van der Waals surface area (Å²) in [6.45, 7) is 2.63. The predicted molar refractivity (Wildman–Crippen MR) is 131 cm³/mol. The Kier molecular flexibility index (Phi) is 8.58. The van der Waals surface area contributed by atoms with Crippen LogP contribution in [0.25, 0.3) is 0 Å². The van der Waals surface area contributed by atoms with E-state index in [4.69, 9.17) is 14.2 Å². The van der Waals surface area contributed by atoms with E-state index >= 15 is 0 Å². The van der Waals surface area contributed by atoms with Gasteiger partial charge in [0.2, 0.25) is 0 Å². The van der Waals surface area contributed by atoms with Crippen LogP contribution in [0.2, 0.25) is 0 Å². The zero-order valence-electron chi connectivity index (χ0n) is 18.5. The number of methoxy groups -OCH3 is 1. The summed E-state index contributed by atoms with van der Waals surface area (Å²) in [5, 5.41) is 14.8. The minimum Gasteiger partial charge on any atom is -0.494 e. The van der Waals surface area contributed by atoms with E-state index in [0.717, 1.165) is 5.56 Å².